The molecule has 0 spiro atoms. The van der Waals surface area contributed by atoms with Crippen molar-refractivity contribution in [3.05, 3.63) is 96.4 Å². The lowest BCUT2D eigenvalue weighted by molar-refractivity contribution is -0.143. The van der Waals surface area contributed by atoms with Crippen LogP contribution in [0.25, 0.3) is 5.65 Å². The molecule has 7 heteroatoms. The average molecular weight is 401 g/mol. The van der Waals surface area contributed by atoms with Gasteiger partial charge in [0.2, 0.25) is 0 Å². The number of hydrogen-bond donors (Lipinski definition) is 1. The zero-order valence-corrected chi connectivity index (χ0v) is 16.0. The van der Waals surface area contributed by atoms with Crippen LogP contribution in [0, 0.1) is 0 Å². The van der Waals surface area contributed by atoms with E-state index >= 15 is 0 Å². The van der Waals surface area contributed by atoms with Gasteiger partial charge in [-0.05, 0) is 48.5 Å². The lowest BCUT2D eigenvalue weighted by atomic mass is 10.2. The Morgan fingerprint density at radius 3 is 2.40 bits per heavy atom. The molecule has 0 fully saturated rings. The molecule has 0 aliphatic rings. The number of para-hydroxylation sites is 1. The van der Waals surface area contributed by atoms with Crippen LogP contribution in [-0.4, -0.2) is 27.8 Å². The number of hydrogen-bond acceptors (Lipinski definition) is 5. The summed E-state index contributed by atoms with van der Waals surface area (Å²) in [6.07, 6.45) is 3.66. The van der Waals surface area contributed by atoms with E-state index in [1.54, 1.807) is 30.5 Å². The first-order chi connectivity index (χ1) is 14.7. The zero-order valence-electron chi connectivity index (χ0n) is 16.0. The summed E-state index contributed by atoms with van der Waals surface area (Å²) in [5, 5.41) is 2.55. The van der Waals surface area contributed by atoms with Crippen LogP contribution in [0.2, 0.25) is 0 Å². The number of nitrogens with zero attached hydrogens (tertiary/aromatic N) is 2. The number of benzene rings is 2. The minimum Gasteiger partial charge on any atom is -0.458 e. The summed E-state index contributed by atoms with van der Waals surface area (Å²) >= 11 is 0. The molecule has 0 aliphatic carbocycles. The first-order valence-electron chi connectivity index (χ1n) is 9.37. The highest BCUT2D eigenvalue weighted by Gasteiger charge is 2.10. The van der Waals surface area contributed by atoms with Gasteiger partial charge in [0.25, 0.3) is 5.91 Å². The molecule has 7 nitrogen and oxygen atoms in total. The fourth-order valence-electron chi connectivity index (χ4n) is 2.82. The highest BCUT2D eigenvalue weighted by molar-refractivity contribution is 5.96. The number of imidazole rings is 1. The molecule has 0 saturated heterocycles. The van der Waals surface area contributed by atoms with Crippen molar-refractivity contribution >= 4 is 17.5 Å². The van der Waals surface area contributed by atoms with Crippen LogP contribution in [0.4, 0.5) is 0 Å². The third kappa shape index (κ3) is 4.82. The van der Waals surface area contributed by atoms with Gasteiger partial charge < -0.3 is 19.2 Å². The summed E-state index contributed by atoms with van der Waals surface area (Å²) < 4.78 is 12.7. The van der Waals surface area contributed by atoms with E-state index in [2.05, 4.69) is 10.3 Å². The molecule has 0 bridgehead atoms. The summed E-state index contributed by atoms with van der Waals surface area (Å²) in [5.74, 6) is 0.419. The molecule has 0 saturated carbocycles. The topological polar surface area (TPSA) is 81.9 Å². The second kappa shape index (κ2) is 8.91. The summed E-state index contributed by atoms with van der Waals surface area (Å²) in [5.41, 5.74) is 1.83. The Kier molecular flexibility index (Phi) is 5.70. The molecule has 0 radical (unpaired) electrons. The smallest absolute Gasteiger partial charge is 0.325 e. The number of aromatic nitrogens is 2. The molecule has 2 heterocycles. The van der Waals surface area contributed by atoms with Gasteiger partial charge >= 0.3 is 5.97 Å². The van der Waals surface area contributed by atoms with Gasteiger partial charge in [-0.25, -0.2) is 4.98 Å². The first kappa shape index (κ1) is 19.2. The Bertz CT molecular complexity index is 1120. The number of rotatable bonds is 7. The van der Waals surface area contributed by atoms with Crippen molar-refractivity contribution in [1.82, 2.24) is 14.7 Å². The van der Waals surface area contributed by atoms with Gasteiger partial charge in [0.15, 0.2) is 0 Å². The van der Waals surface area contributed by atoms with Gasteiger partial charge in [-0.2, -0.15) is 0 Å². The monoisotopic (exact) mass is 401 g/mol. The number of nitrogens with one attached hydrogen (secondary N) is 1. The quantitative estimate of drug-likeness (QED) is 0.479. The third-order valence-electron chi connectivity index (χ3n) is 4.28. The molecule has 0 unspecified atom stereocenters. The Hall–Kier alpha value is -4.13. The van der Waals surface area contributed by atoms with Crippen LogP contribution in [0.3, 0.4) is 0 Å². The molecule has 2 aromatic carbocycles. The maximum absolute atomic E-state index is 12.2. The van der Waals surface area contributed by atoms with Gasteiger partial charge in [0.05, 0.1) is 5.69 Å². The Labute approximate surface area is 172 Å². The molecular formula is C23H19N3O4. The van der Waals surface area contributed by atoms with Crippen LogP contribution in [0.15, 0.2) is 85.2 Å². The molecule has 4 aromatic rings. The van der Waals surface area contributed by atoms with Crippen LogP contribution in [-0.2, 0) is 16.1 Å². The van der Waals surface area contributed by atoms with E-state index in [4.69, 9.17) is 9.47 Å². The summed E-state index contributed by atoms with van der Waals surface area (Å²) in [6.45, 7) is -0.184. The fourth-order valence-corrected chi connectivity index (χ4v) is 2.82. The number of pyridine rings is 1. The minimum atomic E-state index is -0.538. The molecule has 2 aromatic heterocycles. The van der Waals surface area contributed by atoms with Gasteiger partial charge in [0.1, 0.15) is 30.3 Å². The maximum atomic E-state index is 12.2. The van der Waals surface area contributed by atoms with E-state index in [-0.39, 0.29) is 19.1 Å². The summed E-state index contributed by atoms with van der Waals surface area (Å²) in [7, 11) is 0. The Balaban J connectivity index is 1.25. The molecule has 0 atom stereocenters. The number of carbonyl (C=O) groups excluding carboxylic acids is 2. The fraction of sp³-hybridized carbons (Fsp3) is 0.0870. The number of carbonyl (C=O) groups is 2. The Morgan fingerprint density at radius 1 is 0.900 bits per heavy atom. The zero-order chi connectivity index (χ0) is 20.8. The number of ether oxygens (including phenoxy) is 2. The van der Waals surface area contributed by atoms with Crippen molar-refractivity contribution in [3.63, 3.8) is 0 Å². The van der Waals surface area contributed by atoms with Crippen molar-refractivity contribution in [1.29, 1.82) is 0 Å². The largest absolute Gasteiger partial charge is 0.458 e. The van der Waals surface area contributed by atoms with Crippen molar-refractivity contribution in [2.45, 2.75) is 6.61 Å². The second-order valence-corrected chi connectivity index (χ2v) is 6.48. The van der Waals surface area contributed by atoms with Gasteiger partial charge in [0, 0.05) is 18.0 Å². The molecular weight excluding hydrogens is 382 g/mol. The van der Waals surface area contributed by atoms with Gasteiger partial charge in [-0.15, -0.1) is 0 Å². The lowest BCUT2D eigenvalue weighted by Gasteiger charge is -2.08. The highest BCUT2D eigenvalue weighted by atomic mass is 16.5. The van der Waals surface area contributed by atoms with Crippen molar-refractivity contribution in [2.24, 2.45) is 0 Å². The van der Waals surface area contributed by atoms with Crippen molar-refractivity contribution < 1.29 is 19.1 Å². The van der Waals surface area contributed by atoms with E-state index in [1.807, 2.05) is 59.1 Å². The predicted octanol–water partition coefficient (Wildman–Crippen LogP) is 3.60. The maximum Gasteiger partial charge on any atom is 0.325 e. The standard InChI is InChI=1S/C23H19N3O4/c27-22(29-16-18-15-26-13-5-4-8-21(26)25-18)14-24-23(28)17-9-11-20(12-10-17)30-19-6-2-1-3-7-19/h1-13,15H,14,16H2,(H,24,28). The molecule has 30 heavy (non-hydrogen) atoms. The van der Waals surface area contributed by atoms with E-state index in [0.717, 1.165) is 5.65 Å². The SMILES string of the molecule is O=C(CNC(=O)c1ccc(Oc2ccccc2)cc1)OCc1cn2ccccc2n1. The first-order valence-corrected chi connectivity index (χ1v) is 9.37. The van der Waals surface area contributed by atoms with E-state index < -0.39 is 5.97 Å². The normalized spacial score (nSPS) is 10.5. The molecule has 1 amide bonds. The van der Waals surface area contributed by atoms with Crippen LogP contribution >= 0.6 is 0 Å². The van der Waals surface area contributed by atoms with Gasteiger partial charge in [-0.3, -0.25) is 9.59 Å². The molecule has 150 valence electrons. The average Bonchev–Trinajstić information content (AvgIpc) is 3.20. The van der Waals surface area contributed by atoms with E-state index in [1.165, 1.54) is 0 Å². The van der Waals surface area contributed by atoms with E-state index in [9.17, 15) is 9.59 Å². The van der Waals surface area contributed by atoms with Crippen LogP contribution in [0.1, 0.15) is 16.1 Å². The lowest BCUT2D eigenvalue weighted by Crippen LogP contribution is -2.30. The van der Waals surface area contributed by atoms with Crippen LogP contribution < -0.4 is 10.1 Å². The summed E-state index contributed by atoms with van der Waals surface area (Å²) in [4.78, 5) is 28.5. The van der Waals surface area contributed by atoms with Crippen molar-refractivity contribution in [3.8, 4) is 11.5 Å². The summed E-state index contributed by atoms with van der Waals surface area (Å²) in [6, 6.07) is 21.7. The van der Waals surface area contributed by atoms with Gasteiger partial charge in [-0.1, -0.05) is 24.3 Å². The third-order valence-corrected chi connectivity index (χ3v) is 4.28. The number of esters is 1. The van der Waals surface area contributed by atoms with Crippen LogP contribution in [0.5, 0.6) is 11.5 Å². The molecule has 0 aliphatic heterocycles. The minimum absolute atomic E-state index is 0.0436. The second-order valence-electron chi connectivity index (χ2n) is 6.48. The van der Waals surface area contributed by atoms with Crippen molar-refractivity contribution in [2.75, 3.05) is 6.54 Å². The number of amides is 1. The highest BCUT2D eigenvalue weighted by Crippen LogP contribution is 2.21. The predicted molar refractivity (Wildman–Crippen MR) is 110 cm³/mol. The molecule has 4 rings (SSSR count). The van der Waals surface area contributed by atoms with E-state index in [0.29, 0.717) is 22.8 Å². The Morgan fingerprint density at radius 2 is 1.63 bits per heavy atom. The number of fused-ring (bicyclic) bond motifs is 1. The molecule has 1 N–H and O–H groups in total.